The van der Waals surface area contributed by atoms with Crippen molar-refractivity contribution >= 4 is 51.5 Å². The molecule has 2 aromatic heterocycles. The van der Waals surface area contributed by atoms with Crippen LogP contribution in [0.5, 0.6) is 0 Å². The first-order chi connectivity index (χ1) is 7.56. The lowest BCUT2D eigenvalue weighted by Crippen LogP contribution is -2.08. The molecule has 0 aliphatic heterocycles. The Balaban J connectivity index is 2.76. The van der Waals surface area contributed by atoms with Gasteiger partial charge in [-0.3, -0.25) is 14.0 Å². The van der Waals surface area contributed by atoms with E-state index in [9.17, 15) is 4.79 Å². The van der Waals surface area contributed by atoms with Gasteiger partial charge < -0.3 is 0 Å². The van der Waals surface area contributed by atoms with Gasteiger partial charge in [-0.15, -0.1) is 0 Å². The fraction of sp³-hybridized carbons (Fsp3) is 0.222. The lowest BCUT2D eigenvalue weighted by atomic mass is 10.3. The number of hydrogen-bond donors (Lipinski definition) is 0. The van der Waals surface area contributed by atoms with Crippen molar-refractivity contribution in [3.8, 4) is 5.82 Å². The third-order valence-electron chi connectivity index (χ3n) is 2.22. The van der Waals surface area contributed by atoms with E-state index in [-0.39, 0.29) is 0 Å². The SMILES string of the molecule is Cc1nc(I)c(I)n1-c1c(C=O)cnn1C. The molecule has 2 aromatic rings. The fourth-order valence-corrected chi connectivity index (χ4v) is 2.81. The molecule has 5 nitrogen and oxygen atoms in total. The Morgan fingerprint density at radius 3 is 2.62 bits per heavy atom. The summed E-state index contributed by atoms with van der Waals surface area (Å²) < 4.78 is 5.52. The van der Waals surface area contributed by atoms with Crippen LogP contribution in [-0.4, -0.2) is 25.6 Å². The van der Waals surface area contributed by atoms with E-state index in [1.54, 1.807) is 10.9 Å². The van der Waals surface area contributed by atoms with Crippen LogP contribution >= 0.6 is 45.2 Å². The molecule has 2 rings (SSSR count). The van der Waals surface area contributed by atoms with Crippen molar-refractivity contribution in [2.24, 2.45) is 7.05 Å². The van der Waals surface area contributed by atoms with Crippen LogP contribution in [0.4, 0.5) is 0 Å². The minimum absolute atomic E-state index is 0.567. The predicted octanol–water partition coefficient (Wildman–Crippen LogP) is 1.94. The highest BCUT2D eigenvalue weighted by molar-refractivity contribution is 14.1. The summed E-state index contributed by atoms with van der Waals surface area (Å²) >= 11 is 4.39. The number of rotatable bonds is 2. The Hall–Kier alpha value is -0.450. The lowest BCUT2D eigenvalue weighted by Gasteiger charge is -2.07. The molecule has 0 unspecified atom stereocenters. The van der Waals surface area contributed by atoms with Gasteiger partial charge in [0, 0.05) is 7.05 Å². The summed E-state index contributed by atoms with van der Waals surface area (Å²) in [6.07, 6.45) is 2.37. The Morgan fingerprint density at radius 1 is 1.44 bits per heavy atom. The maximum atomic E-state index is 11.0. The number of hydrogen-bond acceptors (Lipinski definition) is 3. The number of imidazole rings is 1. The molecular weight excluding hydrogens is 434 g/mol. The number of nitrogens with zero attached hydrogens (tertiary/aromatic N) is 4. The first-order valence-corrected chi connectivity index (χ1v) is 6.60. The maximum Gasteiger partial charge on any atom is 0.155 e. The van der Waals surface area contributed by atoms with Gasteiger partial charge in [-0.25, -0.2) is 4.98 Å². The minimum Gasteiger partial charge on any atom is -0.298 e. The van der Waals surface area contributed by atoms with Gasteiger partial charge in [0.15, 0.2) is 6.29 Å². The Bertz CT molecular complexity index is 558. The van der Waals surface area contributed by atoms with Crippen LogP contribution in [0, 0.1) is 14.3 Å². The monoisotopic (exact) mass is 442 g/mol. The van der Waals surface area contributed by atoms with Gasteiger partial charge in [0.25, 0.3) is 0 Å². The van der Waals surface area contributed by atoms with Crippen molar-refractivity contribution in [1.82, 2.24) is 19.3 Å². The minimum atomic E-state index is 0.567. The van der Waals surface area contributed by atoms with Gasteiger partial charge >= 0.3 is 0 Å². The average molecular weight is 442 g/mol. The quantitative estimate of drug-likeness (QED) is 0.528. The molecule has 2 heterocycles. The summed E-state index contributed by atoms with van der Waals surface area (Å²) in [6, 6.07) is 0. The molecule has 0 aliphatic carbocycles. The molecule has 0 saturated carbocycles. The van der Waals surface area contributed by atoms with E-state index in [4.69, 9.17) is 0 Å². The molecule has 0 aromatic carbocycles. The van der Waals surface area contributed by atoms with E-state index in [1.165, 1.54) is 0 Å². The largest absolute Gasteiger partial charge is 0.298 e. The van der Waals surface area contributed by atoms with Crippen molar-refractivity contribution in [2.75, 3.05) is 0 Å². The molecule has 0 radical (unpaired) electrons. The van der Waals surface area contributed by atoms with Crippen LogP contribution in [0.25, 0.3) is 5.82 Å². The zero-order chi connectivity index (χ0) is 11.9. The molecule has 84 valence electrons. The van der Waals surface area contributed by atoms with E-state index < -0.39 is 0 Å². The molecule has 0 aliphatic rings. The van der Waals surface area contributed by atoms with Gasteiger partial charge in [-0.2, -0.15) is 5.10 Å². The van der Waals surface area contributed by atoms with Crippen molar-refractivity contribution in [2.45, 2.75) is 6.92 Å². The maximum absolute atomic E-state index is 11.0. The van der Waals surface area contributed by atoms with Crippen molar-refractivity contribution < 1.29 is 4.79 Å². The fourth-order valence-electron chi connectivity index (χ4n) is 1.52. The molecule has 0 fully saturated rings. The van der Waals surface area contributed by atoms with E-state index in [1.807, 2.05) is 18.5 Å². The van der Waals surface area contributed by atoms with Gasteiger partial charge in [-0.1, -0.05) is 0 Å². The van der Waals surface area contributed by atoms with E-state index in [0.717, 1.165) is 25.3 Å². The van der Waals surface area contributed by atoms with Crippen molar-refractivity contribution in [3.05, 3.63) is 25.0 Å². The summed E-state index contributed by atoms with van der Waals surface area (Å²) in [5.74, 6) is 1.60. The van der Waals surface area contributed by atoms with Crippen LogP contribution < -0.4 is 0 Å². The van der Waals surface area contributed by atoms with Gasteiger partial charge in [-0.05, 0) is 52.1 Å². The Morgan fingerprint density at radius 2 is 2.12 bits per heavy atom. The topological polar surface area (TPSA) is 52.7 Å². The number of halogens is 2. The summed E-state index contributed by atoms with van der Waals surface area (Å²) in [7, 11) is 1.81. The third-order valence-corrected chi connectivity index (χ3v) is 5.00. The van der Waals surface area contributed by atoms with Gasteiger partial charge in [0.2, 0.25) is 0 Å². The smallest absolute Gasteiger partial charge is 0.155 e. The van der Waals surface area contributed by atoms with Crippen molar-refractivity contribution in [3.63, 3.8) is 0 Å². The number of aromatic nitrogens is 4. The molecular formula is C9H8I2N4O. The molecule has 0 atom stereocenters. The van der Waals surface area contributed by atoms with E-state index >= 15 is 0 Å². The number of carbonyl (C=O) groups excluding carboxylic acids is 1. The normalized spacial score (nSPS) is 10.8. The second-order valence-electron chi connectivity index (χ2n) is 3.24. The number of aldehydes is 1. The highest BCUT2D eigenvalue weighted by Gasteiger charge is 2.17. The third kappa shape index (κ3) is 1.79. The number of aryl methyl sites for hydroxylation is 2. The molecule has 7 heteroatoms. The van der Waals surface area contributed by atoms with Crippen LogP contribution in [0.15, 0.2) is 6.20 Å². The first kappa shape index (κ1) is 12.0. The highest BCUT2D eigenvalue weighted by atomic mass is 127. The summed E-state index contributed by atoms with van der Waals surface area (Å²) in [5.41, 5.74) is 0.567. The van der Waals surface area contributed by atoms with E-state index in [2.05, 4.69) is 55.3 Å². The van der Waals surface area contributed by atoms with Gasteiger partial charge in [0.05, 0.1) is 11.8 Å². The molecule has 0 bridgehead atoms. The zero-order valence-electron chi connectivity index (χ0n) is 8.61. The Kier molecular flexibility index (Phi) is 3.33. The average Bonchev–Trinajstić information content (AvgIpc) is 2.70. The number of carbonyl (C=O) groups is 1. The molecule has 0 amide bonds. The second-order valence-corrected chi connectivity index (χ2v) is 5.28. The molecule has 0 saturated heterocycles. The Labute approximate surface area is 120 Å². The zero-order valence-corrected chi connectivity index (χ0v) is 12.9. The predicted molar refractivity (Wildman–Crippen MR) is 75.9 cm³/mol. The standard InChI is InChI=1S/C9H8I2N4O/c1-5-13-7(10)8(11)15(5)9-6(4-16)3-12-14(9)2/h3-4H,1-2H3. The van der Waals surface area contributed by atoms with Crippen LogP contribution in [0.1, 0.15) is 16.2 Å². The molecule has 0 spiro atoms. The summed E-state index contributed by atoms with van der Waals surface area (Å²) in [5, 5.41) is 4.09. The lowest BCUT2D eigenvalue weighted by molar-refractivity contribution is 0.112. The second kappa shape index (κ2) is 4.43. The van der Waals surface area contributed by atoms with Crippen LogP contribution in [0.2, 0.25) is 0 Å². The van der Waals surface area contributed by atoms with Crippen LogP contribution in [-0.2, 0) is 7.05 Å². The molecule has 0 N–H and O–H groups in total. The summed E-state index contributed by atoms with van der Waals surface area (Å²) in [6.45, 7) is 1.91. The van der Waals surface area contributed by atoms with E-state index in [0.29, 0.717) is 5.56 Å². The molecule has 16 heavy (non-hydrogen) atoms. The van der Waals surface area contributed by atoms with Crippen molar-refractivity contribution in [1.29, 1.82) is 0 Å². The highest BCUT2D eigenvalue weighted by Crippen LogP contribution is 2.22. The summed E-state index contributed by atoms with van der Waals surface area (Å²) in [4.78, 5) is 15.3. The van der Waals surface area contributed by atoms with Gasteiger partial charge in [0.1, 0.15) is 19.0 Å². The first-order valence-electron chi connectivity index (χ1n) is 4.44. The van der Waals surface area contributed by atoms with Crippen LogP contribution in [0.3, 0.4) is 0 Å².